The van der Waals surface area contributed by atoms with Gasteiger partial charge in [-0.3, -0.25) is 4.99 Å². The number of rotatable bonds is 12. The number of benzene rings is 9. The fourth-order valence-electron chi connectivity index (χ4n) is 10.1. The van der Waals surface area contributed by atoms with Gasteiger partial charge in [-0.05, 0) is 111 Å². The first kappa shape index (κ1) is 41.4. The molecule has 0 aliphatic carbocycles. The molecule has 0 aliphatic rings. The van der Waals surface area contributed by atoms with Gasteiger partial charge in [0.15, 0.2) is 0 Å². The van der Waals surface area contributed by atoms with Gasteiger partial charge in [-0.15, -0.1) is 11.3 Å². The van der Waals surface area contributed by atoms with Crippen LogP contribution in [0.5, 0.6) is 0 Å². The average Bonchev–Trinajstić information content (AvgIpc) is 3.91. The van der Waals surface area contributed by atoms with Crippen molar-refractivity contribution in [3.05, 3.63) is 230 Å². The molecule has 0 saturated heterocycles. The lowest BCUT2D eigenvalue weighted by atomic mass is 9.85. The second-order valence-electron chi connectivity index (χ2n) is 18.0. The molecule has 0 aliphatic heterocycles. The van der Waals surface area contributed by atoms with Crippen LogP contribution < -0.4 is 0 Å². The predicted octanol–water partition coefficient (Wildman–Crippen LogP) is 18.0. The van der Waals surface area contributed by atoms with Crippen molar-refractivity contribution in [1.82, 2.24) is 4.57 Å². The van der Waals surface area contributed by atoms with Crippen molar-refractivity contribution in [3.63, 3.8) is 0 Å². The van der Waals surface area contributed by atoms with E-state index in [4.69, 9.17) is 11.6 Å². The first-order valence-corrected chi connectivity index (χ1v) is 24.2. The summed E-state index contributed by atoms with van der Waals surface area (Å²) in [7, 11) is 0. The number of aromatic nitrogens is 1. The Bertz CT molecular complexity index is 3580. The van der Waals surface area contributed by atoms with Gasteiger partial charge in [0.2, 0.25) is 0 Å². The molecule has 0 saturated carbocycles. The van der Waals surface area contributed by atoms with Crippen LogP contribution in [0.4, 0.5) is 0 Å². The Hall–Kier alpha value is -7.33. The van der Waals surface area contributed by atoms with Gasteiger partial charge in [0.1, 0.15) is 0 Å². The van der Waals surface area contributed by atoms with E-state index in [2.05, 4.69) is 232 Å². The number of allylic oxidation sites excluding steroid dienone is 1. The van der Waals surface area contributed by atoms with Gasteiger partial charge >= 0.3 is 0 Å². The Morgan fingerprint density at radius 2 is 1.12 bits per heavy atom. The minimum absolute atomic E-state index is 0.123. The summed E-state index contributed by atoms with van der Waals surface area (Å²) in [4.78, 5) is 6.09. The SMILES string of the molecule is C=C(CC(C)[C@@H](/N=C(/c1cc(-n2c3ccccc3c3cc4ccccc4cc32)cc2sc3ccccc3c12)C(C)CC)c1ccc(-c2ccccc2)cc1)c1ccc(-c2ccccc2)cc1. The monoisotopic (exact) mass is 868 g/mol. The third-order valence-electron chi connectivity index (χ3n) is 13.8. The van der Waals surface area contributed by atoms with Crippen LogP contribution in [-0.2, 0) is 0 Å². The second-order valence-corrected chi connectivity index (χ2v) is 19.1. The summed E-state index contributed by atoms with van der Waals surface area (Å²) in [5, 5.41) is 7.59. The fraction of sp³-hybridized carbons (Fsp3) is 0.127. The molecule has 2 aromatic heterocycles. The van der Waals surface area contributed by atoms with E-state index in [9.17, 15) is 0 Å². The van der Waals surface area contributed by atoms with E-state index in [1.807, 2.05) is 11.3 Å². The Morgan fingerprint density at radius 3 is 1.80 bits per heavy atom. The zero-order valence-electron chi connectivity index (χ0n) is 37.8. The smallest absolute Gasteiger partial charge is 0.0781 e. The van der Waals surface area contributed by atoms with E-state index in [0.29, 0.717) is 0 Å². The van der Waals surface area contributed by atoms with Crippen LogP contribution >= 0.6 is 11.3 Å². The molecule has 0 bridgehead atoms. The van der Waals surface area contributed by atoms with Crippen LogP contribution in [0.15, 0.2) is 218 Å². The van der Waals surface area contributed by atoms with Crippen LogP contribution in [0.25, 0.3) is 86.3 Å². The molecule has 0 fully saturated rings. The molecule has 0 spiro atoms. The highest BCUT2D eigenvalue weighted by Crippen LogP contribution is 2.43. The van der Waals surface area contributed by atoms with E-state index in [0.717, 1.165) is 29.8 Å². The van der Waals surface area contributed by atoms with E-state index < -0.39 is 0 Å². The van der Waals surface area contributed by atoms with Gasteiger partial charge < -0.3 is 4.57 Å². The average molecular weight is 869 g/mol. The summed E-state index contributed by atoms with van der Waals surface area (Å²) >= 11 is 1.88. The van der Waals surface area contributed by atoms with Gasteiger partial charge in [0.25, 0.3) is 0 Å². The predicted molar refractivity (Wildman–Crippen MR) is 286 cm³/mol. The summed E-state index contributed by atoms with van der Waals surface area (Å²) < 4.78 is 5.06. The van der Waals surface area contributed by atoms with E-state index in [1.54, 1.807) is 0 Å². The maximum Gasteiger partial charge on any atom is 0.0781 e. The van der Waals surface area contributed by atoms with Crippen molar-refractivity contribution in [2.45, 2.75) is 39.7 Å². The van der Waals surface area contributed by atoms with E-state index >= 15 is 0 Å². The van der Waals surface area contributed by atoms with Crippen LogP contribution in [0.1, 0.15) is 56.3 Å². The lowest BCUT2D eigenvalue weighted by Crippen LogP contribution is -2.18. The Morgan fingerprint density at radius 1 is 0.545 bits per heavy atom. The molecule has 2 heterocycles. The summed E-state index contributed by atoms with van der Waals surface area (Å²) in [6.07, 6.45) is 1.77. The number of para-hydroxylation sites is 1. The van der Waals surface area contributed by atoms with E-state index in [-0.39, 0.29) is 17.9 Å². The zero-order chi connectivity index (χ0) is 44.7. The Balaban J connectivity index is 1.09. The minimum Gasteiger partial charge on any atom is -0.309 e. The number of aliphatic imine (C=N–C) groups is 1. The molecule has 0 radical (unpaired) electrons. The first-order valence-electron chi connectivity index (χ1n) is 23.4. The van der Waals surface area contributed by atoms with Crippen molar-refractivity contribution in [1.29, 1.82) is 0 Å². The molecule has 9 aromatic carbocycles. The molecule has 11 rings (SSSR count). The Labute approximate surface area is 391 Å². The maximum atomic E-state index is 6.09. The van der Waals surface area contributed by atoms with E-state index in [1.165, 1.54) is 91.7 Å². The maximum absolute atomic E-state index is 6.09. The van der Waals surface area contributed by atoms with Crippen molar-refractivity contribution < 1.29 is 0 Å². The molecule has 320 valence electrons. The van der Waals surface area contributed by atoms with Crippen LogP contribution in [-0.4, -0.2) is 10.3 Å². The van der Waals surface area contributed by atoms with Crippen molar-refractivity contribution >= 4 is 75.4 Å². The quantitative estimate of drug-likeness (QED) is 0.109. The summed E-state index contributed by atoms with van der Waals surface area (Å²) in [6.45, 7) is 11.8. The molecule has 66 heavy (non-hydrogen) atoms. The molecule has 0 amide bonds. The number of fused-ring (bicyclic) bond motifs is 7. The third kappa shape index (κ3) is 7.63. The Kier molecular flexibility index (Phi) is 11.0. The molecular formula is C63H52N2S. The zero-order valence-corrected chi connectivity index (χ0v) is 38.6. The summed E-state index contributed by atoms with van der Waals surface area (Å²) in [6, 6.07) is 75.4. The largest absolute Gasteiger partial charge is 0.309 e. The molecule has 2 nitrogen and oxygen atoms in total. The molecule has 2 unspecified atom stereocenters. The molecule has 3 atom stereocenters. The highest BCUT2D eigenvalue weighted by Gasteiger charge is 2.26. The lowest BCUT2D eigenvalue weighted by molar-refractivity contribution is 0.481. The highest BCUT2D eigenvalue weighted by molar-refractivity contribution is 7.25. The van der Waals surface area contributed by atoms with Gasteiger partial charge in [-0.2, -0.15) is 0 Å². The first-order chi connectivity index (χ1) is 32.4. The number of nitrogens with zero attached hydrogens (tertiary/aromatic N) is 2. The van der Waals surface area contributed by atoms with Crippen LogP contribution in [0, 0.1) is 11.8 Å². The number of hydrogen-bond donors (Lipinski definition) is 0. The van der Waals surface area contributed by atoms with Gasteiger partial charge in [0, 0.05) is 47.9 Å². The highest BCUT2D eigenvalue weighted by atomic mass is 32.1. The van der Waals surface area contributed by atoms with Gasteiger partial charge in [0.05, 0.1) is 17.1 Å². The van der Waals surface area contributed by atoms with Crippen LogP contribution in [0.3, 0.4) is 0 Å². The number of thiophene rings is 1. The standard InChI is InChI=1S/C63H52N2S/c1-5-41(2)63(64-62(49-34-32-48(33-35-49)46-20-10-7-11-21-46)43(4)36-42(3)44-28-30-47(31-29-44)45-18-8-6-9-19-45)56-39-52(40-60-61(56)54-25-15-17-27-59(54)66-60)65-57-26-16-14-24-53(57)55-37-50-22-12-13-23-51(50)38-58(55)65/h6-35,37-41,43,62H,3,5,36H2,1-2,4H3/b64-63+/t41?,43?,62-/m1/s1. The number of hydrogen-bond acceptors (Lipinski definition) is 2. The summed E-state index contributed by atoms with van der Waals surface area (Å²) in [5.74, 6) is 0.340. The minimum atomic E-state index is -0.123. The second kappa shape index (κ2) is 17.6. The summed E-state index contributed by atoms with van der Waals surface area (Å²) in [5.41, 5.74) is 14.3. The molecule has 3 heteroatoms. The molecule has 0 N–H and O–H groups in total. The van der Waals surface area contributed by atoms with Crippen molar-refractivity contribution in [3.8, 4) is 27.9 Å². The molecular weight excluding hydrogens is 817 g/mol. The topological polar surface area (TPSA) is 17.3 Å². The van der Waals surface area contributed by atoms with Gasteiger partial charge in [-0.25, -0.2) is 0 Å². The van der Waals surface area contributed by atoms with Crippen molar-refractivity contribution in [2.75, 3.05) is 0 Å². The fourth-order valence-corrected chi connectivity index (χ4v) is 11.3. The normalized spacial score (nSPS) is 13.5. The van der Waals surface area contributed by atoms with Crippen molar-refractivity contribution in [2.24, 2.45) is 16.8 Å². The van der Waals surface area contributed by atoms with Gasteiger partial charge in [-0.1, -0.05) is 197 Å². The lowest BCUT2D eigenvalue weighted by Gasteiger charge is -2.26. The molecule has 11 aromatic rings. The third-order valence-corrected chi connectivity index (χ3v) is 14.9. The van der Waals surface area contributed by atoms with Crippen LogP contribution in [0.2, 0.25) is 0 Å².